The third kappa shape index (κ3) is 5.83. The molecule has 0 aliphatic carbocycles. The summed E-state index contributed by atoms with van der Waals surface area (Å²) in [6, 6.07) is 16.4. The van der Waals surface area contributed by atoms with Crippen LogP contribution in [-0.2, 0) is 0 Å². The van der Waals surface area contributed by atoms with Crippen LogP contribution in [0.5, 0.6) is 0 Å². The normalized spacial score (nSPS) is 15.4. The minimum Gasteiger partial charge on any atom is -0.396 e. The molecule has 0 radical (unpaired) electrons. The lowest BCUT2D eigenvalue weighted by molar-refractivity contribution is 0.102. The number of aliphatic hydroxyl groups excluding tert-OH is 1. The van der Waals surface area contributed by atoms with E-state index in [0.29, 0.717) is 6.42 Å². The molecule has 1 aliphatic rings. The molecule has 0 bridgehead atoms. The number of H-pyrrole nitrogens is 1. The van der Waals surface area contributed by atoms with Crippen molar-refractivity contribution in [2.45, 2.75) is 25.8 Å². The number of anilines is 1. The molecule has 4 aromatic rings. The quantitative estimate of drug-likeness (QED) is 0.250. The summed E-state index contributed by atoms with van der Waals surface area (Å²) in [6.07, 6.45) is 5.61. The summed E-state index contributed by atoms with van der Waals surface area (Å²) in [4.78, 5) is 16.4. The van der Waals surface area contributed by atoms with Gasteiger partial charge in [-0.2, -0.15) is 5.10 Å². The van der Waals surface area contributed by atoms with E-state index in [2.05, 4.69) is 43.9 Å². The largest absolute Gasteiger partial charge is 0.396 e. The maximum absolute atomic E-state index is 13.2. The van der Waals surface area contributed by atoms with Crippen LogP contribution in [0.15, 0.2) is 53.9 Å². The molecule has 0 saturated carbocycles. The monoisotopic (exact) mass is 515 g/mol. The van der Waals surface area contributed by atoms with E-state index in [9.17, 15) is 9.90 Å². The van der Waals surface area contributed by atoms with Gasteiger partial charge in [0.25, 0.3) is 5.91 Å². The fraction of sp³-hybridized carbons (Fsp3) is 0.310. The number of fused-ring (bicyclic) bond motifs is 1. The van der Waals surface area contributed by atoms with E-state index in [1.807, 2.05) is 54.8 Å². The first-order chi connectivity index (χ1) is 18.1. The van der Waals surface area contributed by atoms with E-state index < -0.39 is 0 Å². The van der Waals surface area contributed by atoms with Crippen molar-refractivity contribution in [2.24, 2.45) is 0 Å². The minimum atomic E-state index is -0.0822. The molecule has 1 saturated heterocycles. The van der Waals surface area contributed by atoms with Crippen molar-refractivity contribution in [2.75, 3.05) is 38.1 Å². The number of hydrogen-bond acceptors (Lipinski definition) is 6. The number of nitrogens with one attached hydrogen (secondary N) is 3. The van der Waals surface area contributed by atoms with E-state index in [4.69, 9.17) is 0 Å². The van der Waals surface area contributed by atoms with Crippen LogP contribution in [0.25, 0.3) is 23.1 Å². The molecular weight excluding hydrogens is 482 g/mol. The number of benzene rings is 2. The lowest BCUT2D eigenvalue weighted by Crippen LogP contribution is -2.45. The van der Waals surface area contributed by atoms with Crippen LogP contribution in [0.3, 0.4) is 0 Å². The summed E-state index contributed by atoms with van der Waals surface area (Å²) in [5, 5.41) is 26.8. The van der Waals surface area contributed by atoms with Crippen molar-refractivity contribution in [1.29, 1.82) is 0 Å². The van der Waals surface area contributed by atoms with Crippen LogP contribution < -0.4 is 10.6 Å². The number of rotatable bonds is 9. The maximum atomic E-state index is 13.2. The van der Waals surface area contributed by atoms with Crippen LogP contribution in [0.1, 0.15) is 50.9 Å². The fourth-order valence-corrected chi connectivity index (χ4v) is 5.78. The number of para-hydroxylation sites is 1. The molecule has 192 valence electrons. The number of nitrogens with zero attached hydrogens (tertiary/aromatic N) is 2. The van der Waals surface area contributed by atoms with Crippen LogP contribution in [0, 0.1) is 6.92 Å². The van der Waals surface area contributed by atoms with Crippen molar-refractivity contribution in [3.05, 3.63) is 81.2 Å². The molecular formula is C29H33N5O2S. The molecule has 2 aromatic heterocycles. The number of aromatic nitrogens is 2. The lowest BCUT2D eigenvalue weighted by Gasteiger charge is -2.36. The fourth-order valence-electron chi connectivity index (χ4n) is 4.96. The van der Waals surface area contributed by atoms with E-state index in [1.165, 1.54) is 11.3 Å². The second kappa shape index (κ2) is 11.8. The number of aliphatic hydroxyl groups is 1. The number of aromatic amines is 1. The number of carbonyl (C=O) groups is 1. The Morgan fingerprint density at radius 1 is 1.19 bits per heavy atom. The average Bonchev–Trinajstić information content (AvgIpc) is 3.55. The van der Waals surface area contributed by atoms with Gasteiger partial charge in [-0.15, -0.1) is 11.3 Å². The second-order valence-electron chi connectivity index (χ2n) is 9.39. The SMILES string of the molecule is Cc1ccsc1C(=O)Nc1ccc(/C=C/c2n[nH]c3ccccc23)cc1C(CCCO)N1CCNCC1. The van der Waals surface area contributed by atoms with Gasteiger partial charge in [-0.3, -0.25) is 14.8 Å². The number of piperazine rings is 1. The molecule has 1 aliphatic heterocycles. The Morgan fingerprint density at radius 3 is 2.81 bits per heavy atom. The summed E-state index contributed by atoms with van der Waals surface area (Å²) in [5.74, 6) is -0.0822. The molecule has 1 fully saturated rings. The smallest absolute Gasteiger partial charge is 0.266 e. The minimum absolute atomic E-state index is 0.0822. The van der Waals surface area contributed by atoms with Gasteiger partial charge in [0.2, 0.25) is 0 Å². The maximum Gasteiger partial charge on any atom is 0.266 e. The first-order valence-corrected chi connectivity index (χ1v) is 13.7. The third-order valence-corrected chi connectivity index (χ3v) is 7.93. The Kier molecular flexibility index (Phi) is 8.11. The standard InChI is InChI=1S/C29H33N5O2S/c1-20-12-18-37-28(20)29(36)31-24-10-8-21(9-11-26-22-5-2-3-6-25(22)32-33-26)19-23(24)27(7-4-17-35)34-15-13-30-14-16-34/h2-3,5-6,8-12,18-19,27,30,35H,4,7,13-17H2,1H3,(H,31,36)(H,32,33)/b11-9+. The highest BCUT2D eigenvalue weighted by atomic mass is 32.1. The predicted molar refractivity (Wildman–Crippen MR) is 152 cm³/mol. The molecule has 1 atom stereocenters. The average molecular weight is 516 g/mol. The van der Waals surface area contributed by atoms with Gasteiger partial charge in [0.15, 0.2) is 0 Å². The Morgan fingerprint density at radius 2 is 2.03 bits per heavy atom. The Labute approximate surface area is 221 Å². The zero-order valence-electron chi connectivity index (χ0n) is 21.0. The lowest BCUT2D eigenvalue weighted by atomic mass is 9.95. The molecule has 1 amide bonds. The van der Waals surface area contributed by atoms with Gasteiger partial charge in [0.1, 0.15) is 0 Å². The first kappa shape index (κ1) is 25.4. The molecule has 37 heavy (non-hydrogen) atoms. The highest BCUT2D eigenvalue weighted by Gasteiger charge is 2.25. The van der Waals surface area contributed by atoms with Crippen molar-refractivity contribution in [3.63, 3.8) is 0 Å². The van der Waals surface area contributed by atoms with Gasteiger partial charge in [0.05, 0.1) is 16.1 Å². The van der Waals surface area contributed by atoms with Crippen LogP contribution in [0.2, 0.25) is 0 Å². The topological polar surface area (TPSA) is 93.3 Å². The number of hydrogen-bond donors (Lipinski definition) is 4. The summed E-state index contributed by atoms with van der Waals surface area (Å²) < 4.78 is 0. The molecule has 4 N–H and O–H groups in total. The zero-order valence-corrected chi connectivity index (χ0v) is 21.9. The van der Waals surface area contributed by atoms with E-state index in [1.54, 1.807) is 0 Å². The van der Waals surface area contributed by atoms with Crippen molar-refractivity contribution >= 4 is 46.0 Å². The number of thiophene rings is 1. The third-order valence-electron chi connectivity index (χ3n) is 6.91. The highest BCUT2D eigenvalue weighted by molar-refractivity contribution is 7.12. The predicted octanol–water partition coefficient (Wildman–Crippen LogP) is 5.07. The zero-order chi connectivity index (χ0) is 25.6. The van der Waals surface area contributed by atoms with E-state index in [0.717, 1.165) is 76.5 Å². The molecule has 5 rings (SSSR count). The van der Waals surface area contributed by atoms with Gasteiger partial charge in [0, 0.05) is 49.9 Å². The van der Waals surface area contributed by atoms with Crippen LogP contribution >= 0.6 is 11.3 Å². The van der Waals surface area contributed by atoms with Gasteiger partial charge >= 0.3 is 0 Å². The van der Waals surface area contributed by atoms with E-state index in [-0.39, 0.29) is 18.6 Å². The van der Waals surface area contributed by atoms with E-state index >= 15 is 0 Å². The highest BCUT2D eigenvalue weighted by Crippen LogP contribution is 2.34. The van der Waals surface area contributed by atoms with Gasteiger partial charge in [-0.1, -0.05) is 30.3 Å². The number of amides is 1. The van der Waals surface area contributed by atoms with Crippen LogP contribution in [0.4, 0.5) is 5.69 Å². The summed E-state index contributed by atoms with van der Waals surface area (Å²) in [7, 11) is 0. The van der Waals surface area contributed by atoms with Gasteiger partial charge < -0.3 is 15.7 Å². The molecule has 1 unspecified atom stereocenters. The van der Waals surface area contributed by atoms with Gasteiger partial charge in [-0.05, 0) is 72.2 Å². The molecule has 8 heteroatoms. The molecule has 2 aromatic carbocycles. The van der Waals surface area contributed by atoms with Crippen molar-refractivity contribution < 1.29 is 9.90 Å². The molecule has 3 heterocycles. The first-order valence-electron chi connectivity index (χ1n) is 12.8. The summed E-state index contributed by atoms with van der Waals surface area (Å²) >= 11 is 1.46. The summed E-state index contributed by atoms with van der Waals surface area (Å²) in [5.41, 5.74) is 5.81. The Bertz CT molecular complexity index is 1390. The Balaban J connectivity index is 1.50. The Hall–Kier alpha value is -3.30. The number of carbonyl (C=O) groups excluding carboxylic acids is 1. The second-order valence-corrected chi connectivity index (χ2v) is 10.3. The van der Waals surface area contributed by atoms with Gasteiger partial charge in [-0.25, -0.2) is 0 Å². The van der Waals surface area contributed by atoms with Crippen molar-refractivity contribution in [1.82, 2.24) is 20.4 Å². The number of aryl methyl sites for hydroxylation is 1. The van der Waals surface area contributed by atoms with Crippen LogP contribution in [-0.4, -0.2) is 58.9 Å². The summed E-state index contributed by atoms with van der Waals surface area (Å²) in [6.45, 7) is 5.81. The molecule has 0 spiro atoms. The van der Waals surface area contributed by atoms with Crippen molar-refractivity contribution in [3.8, 4) is 0 Å². The molecule has 7 nitrogen and oxygen atoms in total.